The molecule has 0 amide bonds. The number of hydrogen-bond acceptors (Lipinski definition) is 5. The van der Waals surface area contributed by atoms with E-state index in [-0.39, 0.29) is 6.04 Å². The molecule has 0 aliphatic heterocycles. The highest BCUT2D eigenvalue weighted by Gasteiger charge is 2.09. The standard InChI is InChI=1S/C8H11N5S/c1-5(7-9-3-4-10-7)11-8-12-6(2)13-14-8/h3-5H,1-2H3,(H,9,10)(H,11,12,13)/t5-/m1/s1. The lowest BCUT2D eigenvalue weighted by Crippen LogP contribution is -2.07. The van der Waals surface area contributed by atoms with Crippen LogP contribution in [0.15, 0.2) is 12.4 Å². The van der Waals surface area contributed by atoms with Gasteiger partial charge >= 0.3 is 0 Å². The van der Waals surface area contributed by atoms with E-state index in [1.54, 1.807) is 12.4 Å². The number of nitrogens with zero attached hydrogens (tertiary/aromatic N) is 3. The molecule has 0 fully saturated rings. The molecule has 0 aliphatic carbocycles. The molecule has 0 radical (unpaired) electrons. The maximum Gasteiger partial charge on any atom is 0.203 e. The van der Waals surface area contributed by atoms with Crippen molar-refractivity contribution in [2.75, 3.05) is 5.32 Å². The maximum atomic E-state index is 4.22. The minimum atomic E-state index is 0.123. The Morgan fingerprint density at radius 3 is 3.00 bits per heavy atom. The van der Waals surface area contributed by atoms with Gasteiger partial charge in [0.05, 0.1) is 6.04 Å². The highest BCUT2D eigenvalue weighted by atomic mass is 32.1. The second kappa shape index (κ2) is 3.75. The number of H-pyrrole nitrogens is 1. The largest absolute Gasteiger partial charge is 0.351 e. The molecular formula is C8H11N5S. The molecule has 0 unspecified atom stereocenters. The fourth-order valence-corrected chi connectivity index (χ4v) is 1.79. The molecule has 6 heteroatoms. The molecule has 1 atom stereocenters. The van der Waals surface area contributed by atoms with Crippen LogP contribution in [0.25, 0.3) is 0 Å². The van der Waals surface area contributed by atoms with E-state index in [9.17, 15) is 0 Å². The Hall–Kier alpha value is -1.43. The van der Waals surface area contributed by atoms with Crippen LogP contribution in [-0.2, 0) is 0 Å². The number of aromatic nitrogens is 4. The van der Waals surface area contributed by atoms with E-state index in [1.165, 1.54) is 11.5 Å². The summed E-state index contributed by atoms with van der Waals surface area (Å²) in [6, 6.07) is 0.123. The molecule has 0 aromatic carbocycles. The first kappa shape index (κ1) is 9.14. The van der Waals surface area contributed by atoms with E-state index >= 15 is 0 Å². The van der Waals surface area contributed by atoms with Gasteiger partial charge in [0.1, 0.15) is 11.6 Å². The van der Waals surface area contributed by atoms with E-state index in [2.05, 4.69) is 24.6 Å². The van der Waals surface area contributed by atoms with Gasteiger partial charge in [-0.15, -0.1) is 0 Å². The number of aromatic amines is 1. The lowest BCUT2D eigenvalue weighted by molar-refractivity contribution is 0.807. The first-order valence-corrected chi connectivity index (χ1v) is 5.09. The van der Waals surface area contributed by atoms with Gasteiger partial charge in [-0.05, 0) is 13.8 Å². The highest BCUT2D eigenvalue weighted by molar-refractivity contribution is 7.09. The summed E-state index contributed by atoms with van der Waals surface area (Å²) in [7, 11) is 0. The SMILES string of the molecule is Cc1nsc(N[C@H](C)c2ncc[nH]2)n1. The summed E-state index contributed by atoms with van der Waals surface area (Å²) in [4.78, 5) is 11.4. The molecule has 0 bridgehead atoms. The summed E-state index contributed by atoms with van der Waals surface area (Å²) < 4.78 is 4.09. The van der Waals surface area contributed by atoms with Crippen LogP contribution in [-0.4, -0.2) is 19.3 Å². The normalized spacial score (nSPS) is 12.7. The lowest BCUT2D eigenvalue weighted by atomic mass is 10.3. The third kappa shape index (κ3) is 1.90. The van der Waals surface area contributed by atoms with Gasteiger partial charge in [-0.2, -0.15) is 4.37 Å². The monoisotopic (exact) mass is 209 g/mol. The van der Waals surface area contributed by atoms with Crippen LogP contribution in [0.5, 0.6) is 0 Å². The topological polar surface area (TPSA) is 66.5 Å². The molecule has 0 saturated heterocycles. The molecule has 0 spiro atoms. The molecule has 0 saturated carbocycles. The predicted molar refractivity (Wildman–Crippen MR) is 55.3 cm³/mol. The Kier molecular flexibility index (Phi) is 2.45. The molecule has 2 aromatic heterocycles. The molecular weight excluding hydrogens is 198 g/mol. The van der Waals surface area contributed by atoms with Crippen molar-refractivity contribution in [1.82, 2.24) is 19.3 Å². The predicted octanol–water partition coefficient (Wildman–Crippen LogP) is 1.74. The Balaban J connectivity index is 2.05. The summed E-state index contributed by atoms with van der Waals surface area (Å²) in [5.41, 5.74) is 0. The van der Waals surface area contributed by atoms with E-state index in [0.29, 0.717) is 0 Å². The molecule has 2 N–H and O–H groups in total. The van der Waals surface area contributed by atoms with Crippen molar-refractivity contribution in [3.05, 3.63) is 24.0 Å². The summed E-state index contributed by atoms with van der Waals surface area (Å²) in [6.07, 6.45) is 3.54. The van der Waals surface area contributed by atoms with Crippen LogP contribution in [0.1, 0.15) is 24.6 Å². The zero-order valence-corrected chi connectivity index (χ0v) is 8.80. The second-order valence-corrected chi connectivity index (χ2v) is 3.74. The zero-order chi connectivity index (χ0) is 9.97. The summed E-state index contributed by atoms with van der Waals surface area (Å²) in [5, 5.41) is 4.04. The molecule has 2 aromatic rings. The van der Waals surface area contributed by atoms with Crippen LogP contribution in [0, 0.1) is 6.92 Å². The van der Waals surface area contributed by atoms with Crippen LogP contribution >= 0.6 is 11.5 Å². The van der Waals surface area contributed by atoms with Crippen molar-refractivity contribution in [2.24, 2.45) is 0 Å². The summed E-state index contributed by atoms with van der Waals surface area (Å²) in [5.74, 6) is 1.70. The fraction of sp³-hybridized carbons (Fsp3) is 0.375. The zero-order valence-electron chi connectivity index (χ0n) is 7.98. The summed E-state index contributed by atoms with van der Waals surface area (Å²) in [6.45, 7) is 3.90. The van der Waals surface area contributed by atoms with E-state index in [4.69, 9.17) is 0 Å². The molecule has 5 nitrogen and oxygen atoms in total. The maximum absolute atomic E-state index is 4.22. The van der Waals surface area contributed by atoms with Gasteiger partial charge in [0.15, 0.2) is 0 Å². The van der Waals surface area contributed by atoms with Crippen molar-refractivity contribution in [3.8, 4) is 0 Å². The van der Waals surface area contributed by atoms with Gasteiger partial charge in [0.25, 0.3) is 0 Å². The number of aryl methyl sites for hydroxylation is 1. The van der Waals surface area contributed by atoms with Gasteiger partial charge in [0, 0.05) is 23.9 Å². The van der Waals surface area contributed by atoms with Gasteiger partial charge in [-0.25, -0.2) is 9.97 Å². The molecule has 2 heterocycles. The van der Waals surface area contributed by atoms with Crippen molar-refractivity contribution in [1.29, 1.82) is 0 Å². The number of nitrogens with one attached hydrogen (secondary N) is 2. The van der Waals surface area contributed by atoms with Gasteiger partial charge in [0.2, 0.25) is 5.13 Å². The molecule has 0 aliphatic rings. The Bertz CT molecular complexity index is 394. The van der Waals surface area contributed by atoms with Gasteiger partial charge in [-0.3, -0.25) is 0 Å². The van der Waals surface area contributed by atoms with Crippen molar-refractivity contribution < 1.29 is 0 Å². The number of imidazole rings is 1. The molecule has 14 heavy (non-hydrogen) atoms. The highest BCUT2D eigenvalue weighted by Crippen LogP contribution is 2.17. The summed E-state index contributed by atoms with van der Waals surface area (Å²) >= 11 is 1.36. The average molecular weight is 209 g/mol. The van der Waals surface area contributed by atoms with Gasteiger partial charge in [-0.1, -0.05) is 0 Å². The van der Waals surface area contributed by atoms with E-state index in [1.807, 2.05) is 13.8 Å². The van der Waals surface area contributed by atoms with Crippen molar-refractivity contribution >= 4 is 16.7 Å². The number of rotatable bonds is 3. The minimum absolute atomic E-state index is 0.123. The van der Waals surface area contributed by atoms with Crippen LogP contribution in [0.2, 0.25) is 0 Å². The lowest BCUT2D eigenvalue weighted by Gasteiger charge is -2.08. The third-order valence-corrected chi connectivity index (χ3v) is 2.53. The third-order valence-electron chi connectivity index (χ3n) is 1.80. The molecule has 74 valence electrons. The Morgan fingerprint density at radius 2 is 2.43 bits per heavy atom. The van der Waals surface area contributed by atoms with Crippen LogP contribution in [0.4, 0.5) is 5.13 Å². The first-order chi connectivity index (χ1) is 6.75. The van der Waals surface area contributed by atoms with E-state index in [0.717, 1.165) is 16.8 Å². The first-order valence-electron chi connectivity index (χ1n) is 4.32. The Labute approximate surface area is 85.8 Å². The number of hydrogen-bond donors (Lipinski definition) is 2. The van der Waals surface area contributed by atoms with Crippen LogP contribution in [0.3, 0.4) is 0 Å². The fourth-order valence-electron chi connectivity index (χ4n) is 1.12. The average Bonchev–Trinajstić information content (AvgIpc) is 2.75. The Morgan fingerprint density at radius 1 is 1.57 bits per heavy atom. The quantitative estimate of drug-likeness (QED) is 0.808. The van der Waals surface area contributed by atoms with Crippen molar-refractivity contribution in [3.63, 3.8) is 0 Å². The van der Waals surface area contributed by atoms with Crippen LogP contribution < -0.4 is 5.32 Å². The van der Waals surface area contributed by atoms with Gasteiger partial charge < -0.3 is 10.3 Å². The molecule has 2 rings (SSSR count). The van der Waals surface area contributed by atoms with E-state index < -0.39 is 0 Å². The minimum Gasteiger partial charge on any atom is -0.351 e. The van der Waals surface area contributed by atoms with Crippen molar-refractivity contribution in [2.45, 2.75) is 19.9 Å². The number of anilines is 1. The second-order valence-electron chi connectivity index (χ2n) is 2.99. The smallest absolute Gasteiger partial charge is 0.203 e.